The van der Waals surface area contributed by atoms with Crippen LogP contribution in [-0.4, -0.2) is 18.6 Å². The van der Waals surface area contributed by atoms with Crippen LogP contribution in [0, 0.1) is 29.9 Å². The van der Waals surface area contributed by atoms with E-state index < -0.39 is 23.3 Å². The molecular formula is C18H21F2NO2. The molecule has 0 aliphatic heterocycles. The van der Waals surface area contributed by atoms with E-state index in [1.165, 1.54) is 0 Å². The van der Waals surface area contributed by atoms with Crippen molar-refractivity contribution in [2.75, 3.05) is 6.61 Å². The van der Waals surface area contributed by atoms with Gasteiger partial charge in [0.1, 0.15) is 6.61 Å². The number of halogens is 2. The SMILES string of the molecule is C#CCOc1c(F)cc(C(=O)NC2CCCCC2CC)cc1F. The van der Waals surface area contributed by atoms with Gasteiger partial charge < -0.3 is 10.1 Å². The lowest BCUT2D eigenvalue weighted by Gasteiger charge is -2.31. The highest BCUT2D eigenvalue weighted by Gasteiger charge is 2.26. The Labute approximate surface area is 135 Å². The van der Waals surface area contributed by atoms with Gasteiger partial charge in [-0.2, -0.15) is 0 Å². The van der Waals surface area contributed by atoms with Gasteiger partial charge in [-0.15, -0.1) is 6.42 Å². The van der Waals surface area contributed by atoms with E-state index in [2.05, 4.69) is 18.2 Å². The largest absolute Gasteiger partial charge is 0.475 e. The summed E-state index contributed by atoms with van der Waals surface area (Å²) in [6, 6.07) is 2.02. The summed E-state index contributed by atoms with van der Waals surface area (Å²) in [4.78, 5) is 12.3. The quantitative estimate of drug-likeness (QED) is 0.840. The molecule has 0 spiro atoms. The Balaban J connectivity index is 2.12. The lowest BCUT2D eigenvalue weighted by atomic mass is 9.83. The monoisotopic (exact) mass is 321 g/mol. The van der Waals surface area contributed by atoms with Crippen molar-refractivity contribution < 1.29 is 18.3 Å². The fraction of sp³-hybridized carbons (Fsp3) is 0.500. The highest BCUT2D eigenvalue weighted by Crippen LogP contribution is 2.28. The van der Waals surface area contributed by atoms with Crippen molar-refractivity contribution in [1.82, 2.24) is 5.32 Å². The maximum absolute atomic E-state index is 13.9. The third-order valence-electron chi connectivity index (χ3n) is 4.31. The van der Waals surface area contributed by atoms with E-state index in [1.807, 2.05) is 0 Å². The molecular weight excluding hydrogens is 300 g/mol. The van der Waals surface area contributed by atoms with Gasteiger partial charge in [0, 0.05) is 11.6 Å². The lowest BCUT2D eigenvalue weighted by molar-refractivity contribution is 0.0903. The van der Waals surface area contributed by atoms with Crippen LogP contribution in [0.15, 0.2) is 12.1 Å². The van der Waals surface area contributed by atoms with Crippen LogP contribution < -0.4 is 10.1 Å². The number of amides is 1. The predicted molar refractivity (Wildman–Crippen MR) is 84.2 cm³/mol. The van der Waals surface area contributed by atoms with E-state index in [0.29, 0.717) is 5.92 Å². The normalized spacial score (nSPS) is 20.6. The highest BCUT2D eigenvalue weighted by atomic mass is 19.1. The summed E-state index contributed by atoms with van der Waals surface area (Å²) < 4.78 is 32.6. The minimum absolute atomic E-state index is 0.0477. The van der Waals surface area contributed by atoms with E-state index in [-0.39, 0.29) is 18.2 Å². The van der Waals surface area contributed by atoms with Crippen LogP contribution in [0.1, 0.15) is 49.4 Å². The van der Waals surface area contributed by atoms with Gasteiger partial charge in [0.15, 0.2) is 17.4 Å². The molecule has 1 N–H and O–H groups in total. The molecule has 2 rings (SSSR count). The van der Waals surface area contributed by atoms with Gasteiger partial charge >= 0.3 is 0 Å². The molecule has 5 heteroatoms. The van der Waals surface area contributed by atoms with Crippen LogP contribution in [0.4, 0.5) is 8.78 Å². The fourth-order valence-electron chi connectivity index (χ4n) is 3.08. The molecule has 0 bridgehead atoms. The summed E-state index contributed by atoms with van der Waals surface area (Å²) in [5, 5.41) is 2.91. The molecule has 1 aromatic rings. The van der Waals surface area contributed by atoms with Crippen molar-refractivity contribution in [3.8, 4) is 18.1 Å². The summed E-state index contributed by atoms with van der Waals surface area (Å²) >= 11 is 0. The molecule has 0 aromatic heterocycles. The van der Waals surface area contributed by atoms with Gasteiger partial charge in [-0.1, -0.05) is 32.1 Å². The molecule has 1 aliphatic rings. The molecule has 1 aromatic carbocycles. The molecule has 2 unspecified atom stereocenters. The van der Waals surface area contributed by atoms with E-state index in [1.54, 1.807) is 0 Å². The van der Waals surface area contributed by atoms with Gasteiger partial charge in [-0.05, 0) is 30.9 Å². The number of rotatable bonds is 5. The average molecular weight is 321 g/mol. The van der Waals surface area contributed by atoms with Crippen molar-refractivity contribution in [3.63, 3.8) is 0 Å². The maximum Gasteiger partial charge on any atom is 0.251 e. The van der Waals surface area contributed by atoms with E-state index in [4.69, 9.17) is 11.2 Å². The Morgan fingerprint density at radius 3 is 2.61 bits per heavy atom. The number of hydrogen-bond donors (Lipinski definition) is 1. The smallest absolute Gasteiger partial charge is 0.251 e. The maximum atomic E-state index is 13.9. The van der Waals surface area contributed by atoms with Crippen LogP contribution in [0.5, 0.6) is 5.75 Å². The van der Waals surface area contributed by atoms with Crippen LogP contribution in [0.2, 0.25) is 0 Å². The van der Waals surface area contributed by atoms with Gasteiger partial charge in [-0.25, -0.2) is 8.78 Å². The second kappa shape index (κ2) is 7.96. The highest BCUT2D eigenvalue weighted by molar-refractivity contribution is 5.94. The number of ether oxygens (including phenoxy) is 1. The summed E-state index contributed by atoms with van der Waals surface area (Å²) in [5.74, 6) is -0.317. The van der Waals surface area contributed by atoms with E-state index >= 15 is 0 Å². The van der Waals surface area contributed by atoms with Gasteiger partial charge in [0.05, 0.1) is 0 Å². The number of terminal acetylenes is 1. The van der Waals surface area contributed by atoms with Crippen molar-refractivity contribution in [2.24, 2.45) is 5.92 Å². The van der Waals surface area contributed by atoms with Crippen LogP contribution in [0.25, 0.3) is 0 Å². The first-order valence-corrected chi connectivity index (χ1v) is 7.93. The first-order valence-electron chi connectivity index (χ1n) is 7.93. The molecule has 0 saturated heterocycles. The molecule has 1 amide bonds. The number of carbonyl (C=O) groups excluding carboxylic acids is 1. The Hall–Kier alpha value is -2.09. The number of carbonyl (C=O) groups is 1. The zero-order valence-corrected chi connectivity index (χ0v) is 13.2. The molecule has 3 nitrogen and oxygen atoms in total. The summed E-state index contributed by atoms with van der Waals surface area (Å²) in [6.45, 7) is 1.85. The average Bonchev–Trinajstić information content (AvgIpc) is 2.54. The van der Waals surface area contributed by atoms with Crippen molar-refractivity contribution in [3.05, 3.63) is 29.3 Å². The Kier molecular flexibility index (Phi) is 5.97. The minimum atomic E-state index is -0.930. The number of nitrogens with one attached hydrogen (secondary N) is 1. The minimum Gasteiger partial charge on any atom is -0.475 e. The Morgan fingerprint density at radius 2 is 2.00 bits per heavy atom. The molecule has 23 heavy (non-hydrogen) atoms. The lowest BCUT2D eigenvalue weighted by Crippen LogP contribution is -2.42. The Bertz CT molecular complexity index is 587. The molecule has 2 atom stereocenters. The second-order valence-electron chi connectivity index (χ2n) is 5.79. The third kappa shape index (κ3) is 4.22. The van der Waals surface area contributed by atoms with Crippen LogP contribution in [-0.2, 0) is 0 Å². The number of benzene rings is 1. The van der Waals surface area contributed by atoms with Crippen molar-refractivity contribution in [2.45, 2.75) is 45.1 Å². The topological polar surface area (TPSA) is 38.3 Å². The molecule has 1 saturated carbocycles. The van der Waals surface area contributed by atoms with Crippen molar-refractivity contribution >= 4 is 5.91 Å². The molecule has 1 aliphatic carbocycles. The molecule has 0 heterocycles. The van der Waals surface area contributed by atoms with Crippen LogP contribution in [0.3, 0.4) is 0 Å². The first-order chi connectivity index (χ1) is 11.1. The van der Waals surface area contributed by atoms with Crippen LogP contribution >= 0.6 is 0 Å². The summed E-state index contributed by atoms with van der Waals surface area (Å²) in [5.41, 5.74) is -0.0477. The van der Waals surface area contributed by atoms with Gasteiger partial charge in [-0.3, -0.25) is 4.79 Å². The molecule has 0 radical (unpaired) electrons. The summed E-state index contributed by atoms with van der Waals surface area (Å²) in [7, 11) is 0. The number of hydrogen-bond acceptors (Lipinski definition) is 2. The second-order valence-corrected chi connectivity index (χ2v) is 5.79. The standard InChI is InChI=1S/C18H21F2NO2/c1-3-9-23-17-14(19)10-13(11-15(17)20)18(22)21-16-8-6-5-7-12(16)4-2/h1,10-12,16H,4-9H2,2H3,(H,21,22). The van der Waals surface area contributed by atoms with E-state index in [9.17, 15) is 13.6 Å². The molecule has 1 fully saturated rings. The third-order valence-corrected chi connectivity index (χ3v) is 4.31. The molecule has 124 valence electrons. The zero-order valence-electron chi connectivity index (χ0n) is 13.2. The van der Waals surface area contributed by atoms with E-state index in [0.717, 1.165) is 44.2 Å². The predicted octanol–water partition coefficient (Wildman–Crippen LogP) is 3.68. The van der Waals surface area contributed by atoms with Gasteiger partial charge in [0.25, 0.3) is 5.91 Å². The summed E-state index contributed by atoms with van der Waals surface area (Å²) in [6.07, 6.45) is 10.2. The van der Waals surface area contributed by atoms with Gasteiger partial charge in [0.2, 0.25) is 0 Å². The fourth-order valence-corrected chi connectivity index (χ4v) is 3.08. The Morgan fingerprint density at radius 1 is 1.35 bits per heavy atom. The zero-order chi connectivity index (χ0) is 16.8. The van der Waals surface area contributed by atoms with Crippen molar-refractivity contribution in [1.29, 1.82) is 0 Å². The first kappa shape index (κ1) is 17.3.